The number of nitrogens with one attached hydrogen (secondary N) is 2. The molecule has 4 N–H and O–H groups in total. The first-order valence-corrected chi connectivity index (χ1v) is 11.7. The number of tetrazole rings is 1. The van der Waals surface area contributed by atoms with Gasteiger partial charge in [0.1, 0.15) is 12.2 Å². The Kier molecular flexibility index (Phi) is 4.96. The molecule has 2 fully saturated rings. The van der Waals surface area contributed by atoms with Crippen molar-refractivity contribution in [1.29, 1.82) is 0 Å². The lowest BCUT2D eigenvalue weighted by Gasteiger charge is -2.42. The van der Waals surface area contributed by atoms with E-state index in [0.29, 0.717) is 30.5 Å². The number of aromatic amines is 1. The molecule has 0 bridgehead atoms. The highest BCUT2D eigenvalue weighted by atomic mass is 32.1. The summed E-state index contributed by atoms with van der Waals surface area (Å²) in [5.74, 6) is 0.374. The average Bonchev–Trinajstić information content (AvgIpc) is 3.57. The summed E-state index contributed by atoms with van der Waals surface area (Å²) in [6.45, 7) is 1.07. The van der Waals surface area contributed by atoms with Gasteiger partial charge in [0.2, 0.25) is 17.6 Å². The Morgan fingerprint density at radius 1 is 1.15 bits per heavy atom. The molecular weight excluding hydrogens is 454 g/mol. The number of H-pyrrole nitrogens is 1. The summed E-state index contributed by atoms with van der Waals surface area (Å²) in [4.78, 5) is 34.3. The first-order chi connectivity index (χ1) is 16.6. The number of carbonyl (C=O) groups excluding carboxylic acids is 2. The maximum Gasteiger partial charge on any atom is 0.246 e. The zero-order valence-electron chi connectivity index (χ0n) is 18.0. The van der Waals surface area contributed by atoms with Crippen molar-refractivity contribution in [2.45, 2.75) is 25.2 Å². The fourth-order valence-corrected chi connectivity index (χ4v) is 5.50. The highest BCUT2D eigenvalue weighted by molar-refractivity contribution is 7.22. The molecule has 2 saturated heterocycles. The van der Waals surface area contributed by atoms with Crippen molar-refractivity contribution in [2.24, 2.45) is 0 Å². The number of benzene rings is 2. The van der Waals surface area contributed by atoms with E-state index in [1.165, 1.54) is 11.3 Å². The quantitative estimate of drug-likeness (QED) is 0.384. The molecule has 2 aromatic carbocycles. The Morgan fingerprint density at radius 3 is 2.79 bits per heavy atom. The normalized spacial score (nSPS) is 20.4. The maximum absolute atomic E-state index is 13.6. The summed E-state index contributed by atoms with van der Waals surface area (Å²) < 4.78 is 0.994. The lowest BCUT2D eigenvalue weighted by Crippen LogP contribution is -2.63. The number of carbonyl (C=O) groups is 2. The van der Waals surface area contributed by atoms with Gasteiger partial charge in [-0.3, -0.25) is 14.9 Å². The molecule has 2 amide bonds. The minimum absolute atomic E-state index is 0.0548. The van der Waals surface area contributed by atoms with Crippen molar-refractivity contribution in [3.05, 3.63) is 53.6 Å². The number of para-hydroxylation sites is 1. The lowest BCUT2D eigenvalue weighted by atomic mass is 9.99. The summed E-state index contributed by atoms with van der Waals surface area (Å²) in [6, 6.07) is 13.0. The molecule has 0 spiro atoms. The highest BCUT2D eigenvalue weighted by Gasteiger charge is 2.46. The largest absolute Gasteiger partial charge is 0.375 e. The van der Waals surface area contributed by atoms with Crippen LogP contribution in [0, 0.1) is 0 Å². The van der Waals surface area contributed by atoms with Gasteiger partial charge in [-0.15, -0.1) is 10.2 Å². The van der Waals surface area contributed by atoms with Gasteiger partial charge in [-0.2, -0.15) is 5.21 Å². The number of rotatable bonds is 5. The molecule has 6 rings (SSSR count). The van der Waals surface area contributed by atoms with Crippen molar-refractivity contribution < 1.29 is 9.59 Å². The van der Waals surface area contributed by atoms with Gasteiger partial charge in [-0.05, 0) is 22.4 Å². The number of anilines is 1. The van der Waals surface area contributed by atoms with Gasteiger partial charge in [0.05, 0.1) is 23.3 Å². The van der Waals surface area contributed by atoms with Gasteiger partial charge < -0.3 is 15.5 Å². The summed E-state index contributed by atoms with van der Waals surface area (Å²) in [5, 5.41) is 17.8. The SMILES string of the molecule is Nc1nc2c(CN3C[C@@H]4NCC(=O)N4[C@@H](Cc4ccc(-c5nn[nH]n5)cc4)C3=O)cccc2s1. The first-order valence-electron chi connectivity index (χ1n) is 10.9. The second-order valence-electron chi connectivity index (χ2n) is 8.38. The smallest absolute Gasteiger partial charge is 0.246 e. The minimum atomic E-state index is -0.586. The zero-order valence-corrected chi connectivity index (χ0v) is 18.8. The summed E-state index contributed by atoms with van der Waals surface area (Å²) in [5.41, 5.74) is 9.45. The molecule has 0 unspecified atom stereocenters. The average molecular weight is 476 g/mol. The van der Waals surface area contributed by atoms with Gasteiger partial charge in [0.25, 0.3) is 0 Å². The molecule has 0 radical (unpaired) electrons. The molecule has 2 aromatic heterocycles. The molecule has 4 heterocycles. The number of amides is 2. The fraction of sp³-hybridized carbons (Fsp3) is 0.273. The van der Waals surface area contributed by atoms with E-state index in [4.69, 9.17) is 5.73 Å². The minimum Gasteiger partial charge on any atom is -0.375 e. The number of thiazole rings is 1. The number of hydrogen-bond donors (Lipinski definition) is 3. The topological polar surface area (TPSA) is 146 Å². The van der Waals surface area contributed by atoms with Crippen LogP contribution in [0.25, 0.3) is 21.6 Å². The molecule has 34 heavy (non-hydrogen) atoms. The molecule has 0 saturated carbocycles. The number of nitrogens with zero attached hydrogens (tertiary/aromatic N) is 6. The van der Waals surface area contributed by atoms with Crippen LogP contribution in [0.3, 0.4) is 0 Å². The Balaban J connectivity index is 1.27. The number of hydrogen-bond acceptors (Lipinski definition) is 9. The third-order valence-corrected chi connectivity index (χ3v) is 7.16. The second kappa shape index (κ2) is 8.15. The molecule has 11 nitrogen and oxygen atoms in total. The molecule has 4 aromatic rings. The van der Waals surface area contributed by atoms with E-state index >= 15 is 0 Å². The van der Waals surface area contributed by atoms with Crippen LogP contribution in [0.4, 0.5) is 5.13 Å². The first kappa shape index (κ1) is 20.7. The molecule has 2 aliphatic rings. The van der Waals surface area contributed by atoms with Crippen LogP contribution >= 0.6 is 11.3 Å². The van der Waals surface area contributed by atoms with Crippen molar-refractivity contribution in [3.8, 4) is 11.4 Å². The second-order valence-corrected chi connectivity index (χ2v) is 9.45. The van der Waals surface area contributed by atoms with E-state index in [9.17, 15) is 9.59 Å². The Labute approximate surface area is 198 Å². The fourth-order valence-electron chi connectivity index (χ4n) is 4.72. The Bertz CT molecular complexity index is 1370. The number of aromatic nitrogens is 5. The van der Waals surface area contributed by atoms with Crippen LogP contribution in [0.1, 0.15) is 11.1 Å². The van der Waals surface area contributed by atoms with Crippen LogP contribution in [-0.4, -0.2) is 72.5 Å². The van der Waals surface area contributed by atoms with Gasteiger partial charge in [0.15, 0.2) is 5.13 Å². The van der Waals surface area contributed by atoms with Crippen LogP contribution in [0.2, 0.25) is 0 Å². The summed E-state index contributed by atoms with van der Waals surface area (Å²) >= 11 is 1.43. The van der Waals surface area contributed by atoms with E-state index < -0.39 is 6.04 Å². The Hall–Kier alpha value is -3.90. The van der Waals surface area contributed by atoms with Crippen molar-refractivity contribution in [3.63, 3.8) is 0 Å². The molecule has 2 atom stereocenters. The monoisotopic (exact) mass is 475 g/mol. The molecular formula is C22H21N9O2S. The number of nitrogens with two attached hydrogens (primary N) is 1. The van der Waals surface area contributed by atoms with Gasteiger partial charge in [-0.1, -0.05) is 47.7 Å². The number of fused-ring (bicyclic) bond motifs is 2. The van der Waals surface area contributed by atoms with Gasteiger partial charge >= 0.3 is 0 Å². The zero-order chi connectivity index (χ0) is 23.2. The van der Waals surface area contributed by atoms with Gasteiger partial charge in [0, 0.05) is 18.5 Å². The van der Waals surface area contributed by atoms with E-state index in [1.54, 1.807) is 4.90 Å². The molecule has 2 aliphatic heterocycles. The maximum atomic E-state index is 13.6. The molecule has 12 heteroatoms. The highest BCUT2D eigenvalue weighted by Crippen LogP contribution is 2.29. The summed E-state index contributed by atoms with van der Waals surface area (Å²) in [7, 11) is 0. The lowest BCUT2D eigenvalue weighted by molar-refractivity contribution is -0.152. The number of nitrogen functional groups attached to an aromatic ring is 1. The Morgan fingerprint density at radius 2 is 2.00 bits per heavy atom. The van der Waals surface area contributed by atoms with Crippen LogP contribution < -0.4 is 11.1 Å². The van der Waals surface area contributed by atoms with Crippen molar-refractivity contribution in [2.75, 3.05) is 18.8 Å². The van der Waals surface area contributed by atoms with E-state index in [2.05, 4.69) is 30.9 Å². The predicted octanol–water partition coefficient (Wildman–Crippen LogP) is 0.770. The van der Waals surface area contributed by atoms with E-state index in [1.807, 2.05) is 47.4 Å². The summed E-state index contributed by atoms with van der Waals surface area (Å²) in [6.07, 6.45) is 0.202. The third-order valence-electron chi connectivity index (χ3n) is 6.31. The van der Waals surface area contributed by atoms with Crippen LogP contribution in [0.5, 0.6) is 0 Å². The van der Waals surface area contributed by atoms with Crippen molar-refractivity contribution >= 4 is 38.5 Å². The number of piperazine rings is 1. The van der Waals surface area contributed by atoms with Crippen molar-refractivity contribution in [1.82, 2.24) is 40.7 Å². The van der Waals surface area contributed by atoms with Crippen LogP contribution in [-0.2, 0) is 22.6 Å². The third kappa shape index (κ3) is 3.56. The van der Waals surface area contributed by atoms with E-state index in [0.717, 1.165) is 26.9 Å². The molecule has 0 aliphatic carbocycles. The molecule has 172 valence electrons. The van der Waals surface area contributed by atoms with Gasteiger partial charge in [-0.25, -0.2) is 4.98 Å². The van der Waals surface area contributed by atoms with Crippen LogP contribution in [0.15, 0.2) is 42.5 Å². The standard InChI is InChI=1S/C22H21N9O2S/c23-22-25-19-14(2-1-3-16(19)34-22)10-30-11-17-24-9-18(32)31(17)15(21(30)33)8-12-4-6-13(7-5-12)20-26-28-29-27-20/h1-7,15,17,24H,8-11H2,(H2,23,25)(H,26,27,28,29)/t15-,17+/m0/s1. The van der Waals surface area contributed by atoms with E-state index in [-0.39, 0.29) is 24.5 Å². The predicted molar refractivity (Wildman–Crippen MR) is 125 cm³/mol.